The Morgan fingerprint density at radius 1 is 1.14 bits per heavy atom. The number of hydrogen-bond acceptors (Lipinski definition) is 4. The molecule has 0 amide bonds. The monoisotopic (exact) mass is 506 g/mol. The van der Waals surface area contributed by atoms with Crippen molar-refractivity contribution in [2.45, 2.75) is 19.9 Å². The van der Waals surface area contributed by atoms with E-state index < -0.39 is 0 Å². The van der Waals surface area contributed by atoms with Crippen LogP contribution in [0.15, 0.2) is 64.2 Å². The summed E-state index contributed by atoms with van der Waals surface area (Å²) in [6.07, 6.45) is 2.55. The molecule has 0 aliphatic carbocycles. The summed E-state index contributed by atoms with van der Waals surface area (Å²) in [5.74, 6) is 2.22. The summed E-state index contributed by atoms with van der Waals surface area (Å²) >= 11 is 0. The number of ether oxygens (including phenoxy) is 1. The summed E-state index contributed by atoms with van der Waals surface area (Å²) in [6.45, 7) is 3.36. The second-order valence-corrected chi connectivity index (χ2v) is 6.46. The number of nitrogens with zero attached hydrogens (tertiary/aromatic N) is 2. The Labute approximate surface area is 188 Å². The fourth-order valence-corrected chi connectivity index (χ4v) is 2.76. The zero-order valence-electron chi connectivity index (χ0n) is 16.9. The van der Waals surface area contributed by atoms with Crippen molar-refractivity contribution in [2.75, 3.05) is 20.7 Å². The van der Waals surface area contributed by atoms with Crippen LogP contribution in [0.4, 0.5) is 0 Å². The summed E-state index contributed by atoms with van der Waals surface area (Å²) in [6, 6.07) is 16.2. The minimum Gasteiger partial charge on any atom is -0.497 e. The van der Waals surface area contributed by atoms with Crippen molar-refractivity contribution in [3.8, 4) is 17.2 Å². The molecule has 0 saturated heterocycles. The second kappa shape index (κ2) is 11.5. The van der Waals surface area contributed by atoms with Gasteiger partial charge in [0.2, 0.25) is 5.89 Å². The first-order chi connectivity index (χ1) is 13.7. The van der Waals surface area contributed by atoms with Gasteiger partial charge in [-0.05, 0) is 43.2 Å². The molecular weight excluding hydrogens is 479 g/mol. The molecule has 3 rings (SSSR count). The highest BCUT2D eigenvalue weighted by Crippen LogP contribution is 2.19. The largest absolute Gasteiger partial charge is 0.497 e. The molecule has 0 bridgehead atoms. The average molecular weight is 506 g/mol. The number of rotatable bonds is 7. The molecule has 7 heteroatoms. The SMILES string of the molecule is CN=C(NCCc1cccc(OC)c1)NCc1coc(-c2ccc(C)cc2)n1.I. The molecule has 2 aromatic carbocycles. The van der Waals surface area contributed by atoms with E-state index in [0.717, 1.165) is 35.9 Å². The standard InChI is InChI=1S/C22H26N4O2.HI/c1-16-7-9-18(10-8-16)21-26-19(15-28-21)14-25-22(23-2)24-12-11-17-5-4-6-20(13-17)27-3;/h4-10,13,15H,11-12,14H2,1-3H3,(H2,23,24,25);1H. The van der Waals surface area contributed by atoms with E-state index in [1.54, 1.807) is 20.4 Å². The minimum absolute atomic E-state index is 0. The van der Waals surface area contributed by atoms with Crippen LogP contribution >= 0.6 is 24.0 Å². The zero-order chi connectivity index (χ0) is 19.8. The second-order valence-electron chi connectivity index (χ2n) is 6.46. The molecule has 0 saturated carbocycles. The molecule has 6 nitrogen and oxygen atoms in total. The first kappa shape index (κ1) is 22.7. The summed E-state index contributed by atoms with van der Waals surface area (Å²) in [5, 5.41) is 6.57. The van der Waals surface area contributed by atoms with Crippen LogP contribution in [-0.4, -0.2) is 31.6 Å². The maximum Gasteiger partial charge on any atom is 0.226 e. The van der Waals surface area contributed by atoms with Gasteiger partial charge in [0.1, 0.15) is 12.0 Å². The van der Waals surface area contributed by atoms with Crippen molar-refractivity contribution in [1.82, 2.24) is 15.6 Å². The van der Waals surface area contributed by atoms with Gasteiger partial charge in [0.15, 0.2) is 5.96 Å². The smallest absolute Gasteiger partial charge is 0.226 e. The van der Waals surface area contributed by atoms with Crippen LogP contribution < -0.4 is 15.4 Å². The molecule has 0 radical (unpaired) electrons. The van der Waals surface area contributed by atoms with Gasteiger partial charge in [0.05, 0.1) is 19.3 Å². The van der Waals surface area contributed by atoms with Gasteiger partial charge in [-0.2, -0.15) is 0 Å². The number of methoxy groups -OCH3 is 1. The Morgan fingerprint density at radius 2 is 1.93 bits per heavy atom. The summed E-state index contributed by atoms with van der Waals surface area (Å²) in [7, 11) is 3.43. The van der Waals surface area contributed by atoms with E-state index in [4.69, 9.17) is 9.15 Å². The first-order valence-electron chi connectivity index (χ1n) is 9.27. The molecule has 1 aromatic heterocycles. The summed E-state index contributed by atoms with van der Waals surface area (Å²) in [5.41, 5.74) is 4.21. The number of oxazole rings is 1. The van der Waals surface area contributed by atoms with E-state index in [1.165, 1.54) is 11.1 Å². The van der Waals surface area contributed by atoms with Gasteiger partial charge in [-0.25, -0.2) is 4.98 Å². The van der Waals surface area contributed by atoms with E-state index >= 15 is 0 Å². The van der Waals surface area contributed by atoms with E-state index in [9.17, 15) is 0 Å². The van der Waals surface area contributed by atoms with Crippen LogP contribution in [0.2, 0.25) is 0 Å². The highest BCUT2D eigenvalue weighted by Gasteiger charge is 2.07. The van der Waals surface area contributed by atoms with Crippen molar-refractivity contribution in [3.05, 3.63) is 71.6 Å². The highest BCUT2D eigenvalue weighted by molar-refractivity contribution is 14.0. The molecule has 0 spiro atoms. The summed E-state index contributed by atoms with van der Waals surface area (Å²) < 4.78 is 10.9. The van der Waals surface area contributed by atoms with E-state index in [1.807, 2.05) is 42.5 Å². The van der Waals surface area contributed by atoms with Crippen LogP contribution in [0.3, 0.4) is 0 Å². The lowest BCUT2D eigenvalue weighted by atomic mass is 10.1. The fourth-order valence-electron chi connectivity index (χ4n) is 2.76. The Bertz CT molecular complexity index is 923. The third-order valence-electron chi connectivity index (χ3n) is 4.35. The minimum atomic E-state index is 0. The van der Waals surface area contributed by atoms with Gasteiger partial charge < -0.3 is 19.8 Å². The predicted octanol–water partition coefficient (Wildman–Crippen LogP) is 4.18. The van der Waals surface area contributed by atoms with Crippen molar-refractivity contribution in [1.29, 1.82) is 0 Å². The van der Waals surface area contributed by atoms with E-state index in [2.05, 4.69) is 33.6 Å². The van der Waals surface area contributed by atoms with Gasteiger partial charge in [-0.15, -0.1) is 24.0 Å². The third-order valence-corrected chi connectivity index (χ3v) is 4.35. The molecule has 2 N–H and O–H groups in total. The van der Waals surface area contributed by atoms with Crippen molar-refractivity contribution in [2.24, 2.45) is 4.99 Å². The molecule has 0 aliphatic heterocycles. The third kappa shape index (κ3) is 6.77. The molecule has 0 fully saturated rings. The number of nitrogens with one attached hydrogen (secondary N) is 2. The summed E-state index contributed by atoms with van der Waals surface area (Å²) in [4.78, 5) is 8.79. The molecule has 154 valence electrons. The van der Waals surface area contributed by atoms with Gasteiger partial charge >= 0.3 is 0 Å². The van der Waals surface area contributed by atoms with E-state index in [0.29, 0.717) is 12.4 Å². The maximum atomic E-state index is 5.59. The molecule has 0 atom stereocenters. The Hall–Kier alpha value is -2.55. The Morgan fingerprint density at radius 3 is 2.66 bits per heavy atom. The number of guanidine groups is 1. The van der Waals surface area contributed by atoms with Gasteiger partial charge in [-0.3, -0.25) is 4.99 Å². The number of benzene rings is 2. The number of aliphatic imine (C=N–C) groups is 1. The lowest BCUT2D eigenvalue weighted by molar-refractivity contribution is 0.414. The number of halogens is 1. The maximum absolute atomic E-state index is 5.59. The van der Waals surface area contributed by atoms with Crippen LogP contribution in [0.1, 0.15) is 16.8 Å². The molecule has 0 aliphatic rings. The van der Waals surface area contributed by atoms with Gasteiger partial charge in [-0.1, -0.05) is 29.8 Å². The van der Waals surface area contributed by atoms with Crippen molar-refractivity contribution >= 4 is 29.9 Å². The van der Waals surface area contributed by atoms with E-state index in [-0.39, 0.29) is 24.0 Å². The lowest BCUT2D eigenvalue weighted by Crippen LogP contribution is -2.37. The molecule has 1 heterocycles. The number of hydrogen-bond donors (Lipinski definition) is 2. The quantitative estimate of drug-likeness (QED) is 0.286. The highest BCUT2D eigenvalue weighted by atomic mass is 127. The topological polar surface area (TPSA) is 71.7 Å². The van der Waals surface area contributed by atoms with Crippen LogP contribution in [-0.2, 0) is 13.0 Å². The average Bonchev–Trinajstić information content (AvgIpc) is 3.20. The van der Waals surface area contributed by atoms with Crippen molar-refractivity contribution < 1.29 is 9.15 Å². The number of aromatic nitrogens is 1. The first-order valence-corrected chi connectivity index (χ1v) is 9.27. The lowest BCUT2D eigenvalue weighted by Gasteiger charge is -2.11. The van der Waals surface area contributed by atoms with Crippen LogP contribution in [0.25, 0.3) is 11.5 Å². The fraction of sp³-hybridized carbons (Fsp3) is 0.273. The Kier molecular flexibility index (Phi) is 8.98. The zero-order valence-corrected chi connectivity index (χ0v) is 19.3. The molecular formula is C22H27IN4O2. The predicted molar refractivity (Wildman–Crippen MR) is 127 cm³/mol. The molecule has 29 heavy (non-hydrogen) atoms. The van der Waals surface area contributed by atoms with Crippen LogP contribution in [0, 0.1) is 6.92 Å². The van der Waals surface area contributed by atoms with Gasteiger partial charge in [0.25, 0.3) is 0 Å². The van der Waals surface area contributed by atoms with Crippen LogP contribution in [0.5, 0.6) is 5.75 Å². The molecule has 0 unspecified atom stereocenters. The normalized spacial score (nSPS) is 10.9. The number of aryl methyl sites for hydroxylation is 1. The van der Waals surface area contributed by atoms with Gasteiger partial charge in [0, 0.05) is 19.2 Å². The Balaban J connectivity index is 0.00000300. The molecule has 3 aromatic rings. The van der Waals surface area contributed by atoms with Crippen molar-refractivity contribution in [3.63, 3.8) is 0 Å².